The van der Waals surface area contributed by atoms with Crippen molar-refractivity contribution in [2.75, 3.05) is 14.1 Å². The molecule has 3 aliphatic rings. The Morgan fingerprint density at radius 1 is 1.08 bits per heavy atom. The molecule has 37 heavy (non-hydrogen) atoms. The first-order valence-corrected chi connectivity index (χ1v) is 11.0. The molecule has 0 aromatic heterocycles. The maximum atomic E-state index is 13.3. The summed E-state index contributed by atoms with van der Waals surface area (Å²) in [6.07, 6.45) is -1.87. The third-order valence-electron chi connectivity index (χ3n) is 7.04. The number of primary amides is 1. The van der Waals surface area contributed by atoms with Gasteiger partial charge < -0.3 is 41.5 Å². The molecular formula is C24H28N2O11. The van der Waals surface area contributed by atoms with Crippen LogP contribution >= 0.6 is 0 Å². The fourth-order valence-corrected chi connectivity index (χ4v) is 5.60. The first-order chi connectivity index (χ1) is 16.9. The molecule has 0 saturated heterocycles. The minimum Gasteiger partial charge on any atom is -0.510 e. The Hall–Kier alpha value is -3.78. The van der Waals surface area contributed by atoms with Gasteiger partial charge in [-0.2, -0.15) is 0 Å². The lowest BCUT2D eigenvalue weighted by Gasteiger charge is -2.55. The van der Waals surface area contributed by atoms with Gasteiger partial charge in [0.05, 0.1) is 40.7 Å². The van der Waals surface area contributed by atoms with E-state index < -0.39 is 87.0 Å². The number of fused-ring (bicyclic) bond motifs is 3. The van der Waals surface area contributed by atoms with Crippen molar-refractivity contribution >= 4 is 23.4 Å². The van der Waals surface area contributed by atoms with Crippen LogP contribution in [0.25, 0.3) is 0 Å². The van der Waals surface area contributed by atoms with Crippen molar-refractivity contribution in [3.63, 3.8) is 0 Å². The molecule has 0 aliphatic heterocycles. The van der Waals surface area contributed by atoms with Crippen molar-refractivity contribution in [1.82, 2.24) is 4.90 Å². The number of benzene rings is 1. The highest BCUT2D eigenvalue weighted by atomic mass is 16.4. The van der Waals surface area contributed by atoms with E-state index in [2.05, 4.69) is 0 Å². The number of rotatable bonds is 2. The molecule has 0 saturated carbocycles. The van der Waals surface area contributed by atoms with Gasteiger partial charge in [-0.05, 0) is 32.6 Å². The van der Waals surface area contributed by atoms with Crippen LogP contribution in [-0.4, -0.2) is 95.9 Å². The fraction of sp³-hybridized carbons (Fsp3) is 0.417. The first kappa shape index (κ1) is 27.8. The predicted molar refractivity (Wildman–Crippen MR) is 124 cm³/mol. The Kier molecular flexibility index (Phi) is 6.73. The predicted octanol–water partition coefficient (Wildman–Crippen LogP) is -1.15. The number of carbonyl (C=O) groups is 4. The van der Waals surface area contributed by atoms with Crippen molar-refractivity contribution in [2.45, 2.75) is 37.2 Å². The number of phenols is 1. The van der Waals surface area contributed by atoms with Crippen LogP contribution < -0.4 is 5.73 Å². The molecule has 0 unspecified atom stereocenters. The molecule has 0 heterocycles. The number of phenolic OH excluding ortho intramolecular Hbond substituents is 1. The van der Waals surface area contributed by atoms with Gasteiger partial charge >= 0.3 is 0 Å². The van der Waals surface area contributed by atoms with Crippen LogP contribution in [0.5, 0.6) is 5.75 Å². The van der Waals surface area contributed by atoms with E-state index in [1.807, 2.05) is 0 Å². The summed E-state index contributed by atoms with van der Waals surface area (Å²) in [5.74, 6) is -10.5. The molecule has 0 radical (unpaired) electrons. The van der Waals surface area contributed by atoms with Crippen molar-refractivity contribution in [1.29, 1.82) is 0 Å². The summed E-state index contributed by atoms with van der Waals surface area (Å²) in [7, 11) is 2.85. The smallest absolute Gasteiger partial charge is 0.300 e. The third-order valence-corrected chi connectivity index (χ3v) is 7.04. The second-order valence-corrected chi connectivity index (χ2v) is 9.58. The summed E-state index contributed by atoms with van der Waals surface area (Å²) < 4.78 is 0. The lowest BCUT2D eigenvalue weighted by atomic mass is 9.54. The van der Waals surface area contributed by atoms with Gasteiger partial charge in [0.2, 0.25) is 5.78 Å². The van der Waals surface area contributed by atoms with Crippen LogP contribution in [0, 0.1) is 11.8 Å². The highest BCUT2D eigenvalue weighted by Crippen LogP contribution is 2.56. The number of ketones is 2. The molecule has 13 heteroatoms. The third kappa shape index (κ3) is 3.78. The molecule has 4 rings (SSSR count). The molecule has 0 fully saturated rings. The molecule has 1 aromatic carbocycles. The molecule has 1 aromatic rings. The second-order valence-electron chi connectivity index (χ2n) is 9.58. The summed E-state index contributed by atoms with van der Waals surface area (Å²) in [6, 6.07) is 2.54. The minimum atomic E-state index is -3.02. The molecule has 0 spiro atoms. The van der Waals surface area contributed by atoms with Crippen molar-refractivity contribution in [2.24, 2.45) is 17.6 Å². The number of hydrogen-bond acceptors (Lipinski definition) is 11. The highest BCUT2D eigenvalue weighted by molar-refractivity contribution is 6.25. The number of aromatic hydroxyl groups is 1. The monoisotopic (exact) mass is 520 g/mol. The normalized spacial score (nSPS) is 32.8. The van der Waals surface area contributed by atoms with Gasteiger partial charge in [-0.3, -0.25) is 24.1 Å². The Morgan fingerprint density at radius 3 is 2.11 bits per heavy atom. The number of carboxylic acids is 1. The number of aliphatic hydroxyl groups excluding tert-OH is 3. The zero-order valence-electron chi connectivity index (χ0n) is 20.3. The summed E-state index contributed by atoms with van der Waals surface area (Å²) >= 11 is 0. The van der Waals surface area contributed by atoms with Crippen LogP contribution in [0.15, 0.2) is 40.9 Å². The minimum absolute atomic E-state index is 0.0281. The number of amides is 1. The second kappa shape index (κ2) is 8.95. The summed E-state index contributed by atoms with van der Waals surface area (Å²) in [5, 5.41) is 73.9. The first-order valence-electron chi connectivity index (χ1n) is 11.0. The molecule has 13 nitrogen and oxygen atoms in total. The van der Waals surface area contributed by atoms with Crippen molar-refractivity contribution < 1.29 is 54.9 Å². The van der Waals surface area contributed by atoms with E-state index in [-0.39, 0.29) is 11.1 Å². The van der Waals surface area contributed by atoms with Gasteiger partial charge in [-0.15, -0.1) is 0 Å². The van der Waals surface area contributed by atoms with E-state index >= 15 is 0 Å². The van der Waals surface area contributed by atoms with E-state index in [0.717, 1.165) is 6.92 Å². The number of Topliss-reactive ketones (excluding diaryl/α,β-unsaturated/α-hetero) is 2. The van der Waals surface area contributed by atoms with E-state index in [1.54, 1.807) is 0 Å². The van der Waals surface area contributed by atoms with E-state index in [9.17, 15) is 45.0 Å². The maximum Gasteiger partial charge on any atom is 0.300 e. The van der Waals surface area contributed by atoms with E-state index in [1.165, 1.54) is 44.1 Å². The zero-order chi connectivity index (χ0) is 28.4. The Labute approximate surface area is 210 Å². The number of hydrogen-bond donors (Lipinski definition) is 8. The highest BCUT2D eigenvalue weighted by Gasteiger charge is 2.69. The molecule has 1 amide bonds. The van der Waals surface area contributed by atoms with Crippen molar-refractivity contribution in [3.05, 3.63) is 52.0 Å². The molecule has 6 atom stereocenters. The van der Waals surface area contributed by atoms with Crippen LogP contribution in [0.1, 0.15) is 29.8 Å². The number of aliphatic hydroxyl groups is 5. The zero-order valence-corrected chi connectivity index (χ0v) is 20.3. The number of aliphatic carboxylic acids is 1. The van der Waals surface area contributed by atoms with E-state index in [0.29, 0.717) is 0 Å². The Balaban J connectivity index is 0.000000886. The molecular weight excluding hydrogens is 492 g/mol. The lowest BCUT2D eigenvalue weighted by molar-refractivity contribution is -0.173. The summed E-state index contributed by atoms with van der Waals surface area (Å²) in [5.41, 5.74) is -1.88. The molecule has 200 valence electrons. The topological polar surface area (TPSA) is 239 Å². The van der Waals surface area contributed by atoms with Gasteiger partial charge in [0.1, 0.15) is 22.8 Å². The summed E-state index contributed by atoms with van der Waals surface area (Å²) in [6.45, 7) is 2.34. The molecule has 3 aliphatic carbocycles. The van der Waals surface area contributed by atoms with Gasteiger partial charge in [-0.1, -0.05) is 12.1 Å². The average molecular weight is 520 g/mol. The van der Waals surface area contributed by atoms with Gasteiger partial charge in [0, 0.05) is 6.92 Å². The number of nitrogens with zero attached hydrogens (tertiary/aromatic N) is 1. The fourth-order valence-electron chi connectivity index (χ4n) is 5.60. The average Bonchev–Trinajstić information content (AvgIpc) is 2.75. The van der Waals surface area contributed by atoms with Gasteiger partial charge in [0.15, 0.2) is 11.4 Å². The number of likely N-dealkylation sites (N-methyl/N-ethyl adjacent to an activating group) is 1. The van der Waals surface area contributed by atoms with Crippen molar-refractivity contribution in [3.8, 4) is 5.75 Å². The van der Waals surface area contributed by atoms with Crippen LogP contribution in [0.2, 0.25) is 0 Å². The maximum absolute atomic E-state index is 13.3. The van der Waals surface area contributed by atoms with Crippen LogP contribution in [0.4, 0.5) is 0 Å². The molecule has 9 N–H and O–H groups in total. The lowest BCUT2D eigenvalue weighted by Crippen LogP contribution is -2.70. The number of nitrogens with two attached hydrogens (primary N) is 1. The largest absolute Gasteiger partial charge is 0.510 e. The Morgan fingerprint density at radius 2 is 1.62 bits per heavy atom. The van der Waals surface area contributed by atoms with Gasteiger partial charge in [0.25, 0.3) is 11.9 Å². The van der Waals surface area contributed by atoms with Crippen LogP contribution in [-0.2, 0) is 20.0 Å². The van der Waals surface area contributed by atoms with Gasteiger partial charge in [-0.25, -0.2) is 0 Å². The number of carbonyl (C=O) groups excluding carboxylic acids is 3. The quantitative estimate of drug-likeness (QED) is 0.216. The van der Waals surface area contributed by atoms with Crippen LogP contribution in [0.3, 0.4) is 0 Å². The Bertz CT molecular complexity index is 1280. The summed E-state index contributed by atoms with van der Waals surface area (Å²) in [4.78, 5) is 48.8. The number of carboxylic acid groups (broad SMARTS) is 1. The SMILES string of the molecule is CC(=O)O.CN(C)[C@@H]1C(O)=C(C(N)=O)C(=O)[C@@]2(O)C(O)=C3C(=O)c4c(O)cccc4[C@@](C)(O)[C@H]3[C@H](O)[C@@H]12. The standard InChI is InChI=1S/C22H24N2O9.C2H4O2/c1-21(32)7-5-4-6-8(25)9(7)15(26)10-12(21)17(28)13-14(24(2)3)16(27)11(20(23)31)19(30)22(13,33)18(10)29;1-2(3)4/h4-6,12-14,17,25,27-29,32-33H,1-3H3,(H2,23,31);1H3,(H,3,4)/t12-,13-,14+,17+,21-,22+;/m1./s1. The molecule has 0 bridgehead atoms. The van der Waals surface area contributed by atoms with E-state index in [4.69, 9.17) is 15.6 Å².